The minimum Gasteiger partial charge on any atom is -0.396 e. The number of nitrogens with zero attached hydrogens (tertiary/aromatic N) is 1. The Morgan fingerprint density at radius 3 is 1.48 bits per heavy atom. The van der Waals surface area contributed by atoms with Crippen molar-refractivity contribution in [3.8, 4) is 0 Å². The Bertz CT molecular complexity index is 552. The Balaban J connectivity index is 2.30. The normalized spacial score (nSPS) is 12.4. The van der Waals surface area contributed by atoms with E-state index in [9.17, 15) is 10.2 Å². The first kappa shape index (κ1) is 30.1. The Morgan fingerprint density at radius 1 is 0.636 bits per heavy atom. The molecule has 0 fully saturated rings. The van der Waals surface area contributed by atoms with Gasteiger partial charge >= 0.3 is 0 Å². The summed E-state index contributed by atoms with van der Waals surface area (Å²) in [6, 6.07) is 10.6. The van der Waals surface area contributed by atoms with Crippen molar-refractivity contribution < 1.29 is 14.7 Å². The van der Waals surface area contributed by atoms with Crippen LogP contribution in [0.5, 0.6) is 0 Å². The molecule has 0 spiro atoms. The van der Waals surface area contributed by atoms with Crippen LogP contribution < -0.4 is 0 Å². The van der Waals surface area contributed by atoms with Gasteiger partial charge in [0.15, 0.2) is 0 Å². The van der Waals surface area contributed by atoms with E-state index >= 15 is 0 Å². The molecule has 0 aliphatic rings. The minimum atomic E-state index is -0.124. The maximum Gasteiger partial charge on any atom is 0.107 e. The van der Waals surface area contributed by atoms with Gasteiger partial charge in [-0.05, 0) is 18.4 Å². The van der Waals surface area contributed by atoms with Crippen LogP contribution in [-0.2, 0) is 6.42 Å². The highest BCUT2D eigenvalue weighted by Crippen LogP contribution is 2.33. The summed E-state index contributed by atoms with van der Waals surface area (Å²) in [5.41, 5.74) is 1.17. The minimum absolute atomic E-state index is 0.124. The summed E-state index contributed by atoms with van der Waals surface area (Å²) in [5.74, 6) is 0. The second kappa shape index (κ2) is 18.4. The quantitative estimate of drug-likeness (QED) is 0.140. The summed E-state index contributed by atoms with van der Waals surface area (Å²) in [6.45, 7) is 3.74. The number of quaternary nitrogens is 1. The van der Waals surface area contributed by atoms with Gasteiger partial charge in [0.05, 0.1) is 20.6 Å². The molecule has 0 aromatic heterocycles. The molecule has 0 radical (unpaired) electrons. The van der Waals surface area contributed by atoms with E-state index in [1.165, 1.54) is 95.5 Å². The summed E-state index contributed by atoms with van der Waals surface area (Å²) >= 11 is 0. The fraction of sp³-hybridized carbons (Fsp3) is 0.800. The zero-order valence-electron chi connectivity index (χ0n) is 22.4. The number of hydrogen-bond acceptors (Lipinski definition) is 2. The highest BCUT2D eigenvalue weighted by molar-refractivity contribution is 5.17. The number of rotatable bonds is 22. The van der Waals surface area contributed by atoms with Crippen molar-refractivity contribution in [2.24, 2.45) is 0 Å². The van der Waals surface area contributed by atoms with Gasteiger partial charge in [-0.3, -0.25) is 0 Å². The third-order valence-electron chi connectivity index (χ3n) is 7.89. The van der Waals surface area contributed by atoms with Crippen LogP contribution >= 0.6 is 0 Å². The molecule has 192 valence electrons. The summed E-state index contributed by atoms with van der Waals surface area (Å²) in [6.07, 6.45) is 21.7. The van der Waals surface area contributed by atoms with Gasteiger partial charge in [-0.25, -0.2) is 0 Å². The van der Waals surface area contributed by atoms with Crippen LogP contribution in [-0.4, -0.2) is 54.1 Å². The van der Waals surface area contributed by atoms with Crippen molar-refractivity contribution in [1.29, 1.82) is 0 Å². The van der Waals surface area contributed by atoms with Crippen LogP contribution in [0.15, 0.2) is 30.3 Å². The van der Waals surface area contributed by atoms with E-state index in [1.807, 2.05) is 0 Å². The molecule has 1 rings (SSSR count). The lowest BCUT2D eigenvalue weighted by Gasteiger charge is -2.49. The molecule has 3 nitrogen and oxygen atoms in total. The van der Waals surface area contributed by atoms with Crippen molar-refractivity contribution in [2.75, 3.05) is 33.9 Å². The molecule has 2 N–H and O–H groups in total. The fourth-order valence-corrected chi connectivity index (χ4v) is 5.45. The molecular weight excluding hydrogens is 406 g/mol. The zero-order valence-corrected chi connectivity index (χ0v) is 22.4. The Kier molecular flexibility index (Phi) is 16.8. The Hall–Kier alpha value is -0.900. The second-order valence-electron chi connectivity index (χ2n) is 10.8. The monoisotopic (exact) mass is 462 g/mol. The van der Waals surface area contributed by atoms with Crippen molar-refractivity contribution in [3.05, 3.63) is 35.9 Å². The van der Waals surface area contributed by atoms with Gasteiger partial charge in [-0.15, -0.1) is 0 Å². The smallest absolute Gasteiger partial charge is 0.107 e. The third-order valence-corrected chi connectivity index (χ3v) is 7.89. The lowest BCUT2D eigenvalue weighted by atomic mass is 9.81. The molecule has 3 heteroatoms. The van der Waals surface area contributed by atoms with E-state index < -0.39 is 0 Å². The summed E-state index contributed by atoms with van der Waals surface area (Å²) in [4.78, 5) is 0. The molecule has 33 heavy (non-hydrogen) atoms. The molecule has 0 atom stereocenters. The molecule has 0 unspecified atom stereocenters. The van der Waals surface area contributed by atoms with Crippen molar-refractivity contribution in [3.63, 3.8) is 0 Å². The molecule has 0 saturated carbocycles. The van der Waals surface area contributed by atoms with Crippen molar-refractivity contribution in [1.82, 2.24) is 0 Å². The SMILES string of the molecule is CCCCCCCCCCCCCCCC[N+](C)(C)C(CCO)(CCO)Cc1ccccc1. The molecule has 0 bridgehead atoms. The molecular formula is C30H56NO2+. The molecule has 0 amide bonds. The van der Waals surface area contributed by atoms with Crippen LogP contribution in [0.25, 0.3) is 0 Å². The molecule has 1 aromatic carbocycles. The first-order chi connectivity index (χ1) is 16.0. The first-order valence-corrected chi connectivity index (χ1v) is 14.1. The van der Waals surface area contributed by atoms with Gasteiger partial charge in [0.25, 0.3) is 0 Å². The van der Waals surface area contributed by atoms with Crippen molar-refractivity contribution in [2.45, 2.75) is 122 Å². The van der Waals surface area contributed by atoms with Crippen LogP contribution in [0.2, 0.25) is 0 Å². The maximum atomic E-state index is 9.87. The van der Waals surface area contributed by atoms with E-state index in [2.05, 4.69) is 51.4 Å². The average Bonchev–Trinajstić information content (AvgIpc) is 2.80. The van der Waals surface area contributed by atoms with E-state index in [0.717, 1.165) is 30.3 Å². The van der Waals surface area contributed by atoms with Crippen molar-refractivity contribution >= 4 is 0 Å². The highest BCUT2D eigenvalue weighted by Gasteiger charge is 2.44. The third kappa shape index (κ3) is 12.4. The topological polar surface area (TPSA) is 40.5 Å². The summed E-state index contributed by atoms with van der Waals surface area (Å²) < 4.78 is 0.862. The fourth-order valence-electron chi connectivity index (χ4n) is 5.45. The lowest BCUT2D eigenvalue weighted by molar-refractivity contribution is -0.943. The van der Waals surface area contributed by atoms with Gasteiger partial charge < -0.3 is 14.7 Å². The highest BCUT2D eigenvalue weighted by atomic mass is 16.3. The Morgan fingerprint density at radius 2 is 1.06 bits per heavy atom. The van der Waals surface area contributed by atoms with Gasteiger partial charge in [-0.1, -0.05) is 114 Å². The first-order valence-electron chi connectivity index (χ1n) is 14.1. The van der Waals surface area contributed by atoms with E-state index in [0.29, 0.717) is 0 Å². The molecule has 0 aliphatic heterocycles. The zero-order chi connectivity index (χ0) is 24.3. The van der Waals surface area contributed by atoms with Crippen LogP contribution in [0.4, 0.5) is 0 Å². The average molecular weight is 463 g/mol. The summed E-state index contributed by atoms with van der Waals surface area (Å²) in [7, 11) is 4.60. The molecule has 0 heterocycles. The standard InChI is InChI=1S/C30H56NO2/c1-4-5-6-7-8-9-10-11-12-13-14-15-16-20-25-31(2,3)30(23-26-32,24-27-33)28-29-21-18-17-19-22-29/h17-19,21-22,32-33H,4-16,20,23-28H2,1-3H3/q+1. The number of benzene rings is 1. The van der Waals surface area contributed by atoms with E-state index in [1.54, 1.807) is 0 Å². The van der Waals surface area contributed by atoms with Gasteiger partial charge in [0, 0.05) is 32.5 Å². The lowest BCUT2D eigenvalue weighted by Crippen LogP contribution is -2.62. The number of unbranched alkanes of at least 4 members (excludes halogenated alkanes) is 13. The van der Waals surface area contributed by atoms with Crippen LogP contribution in [0, 0.1) is 0 Å². The number of likely N-dealkylation sites (N-methyl/N-ethyl adjacent to an activating group) is 1. The predicted octanol–water partition coefficient (Wildman–Crippen LogP) is 7.29. The van der Waals surface area contributed by atoms with Crippen LogP contribution in [0.3, 0.4) is 0 Å². The molecule has 0 aliphatic carbocycles. The van der Waals surface area contributed by atoms with Gasteiger partial charge in [0.1, 0.15) is 5.54 Å². The van der Waals surface area contributed by atoms with Crippen LogP contribution in [0.1, 0.15) is 115 Å². The molecule has 0 saturated heterocycles. The van der Waals surface area contributed by atoms with E-state index in [4.69, 9.17) is 0 Å². The predicted molar refractivity (Wildman–Crippen MR) is 144 cm³/mol. The van der Waals surface area contributed by atoms with E-state index in [-0.39, 0.29) is 18.8 Å². The number of hydrogen-bond donors (Lipinski definition) is 2. The number of aliphatic hydroxyl groups is 2. The largest absolute Gasteiger partial charge is 0.396 e. The van der Waals surface area contributed by atoms with Gasteiger partial charge in [0.2, 0.25) is 0 Å². The maximum absolute atomic E-state index is 9.87. The Labute approximate surface area is 206 Å². The van der Waals surface area contributed by atoms with Gasteiger partial charge in [-0.2, -0.15) is 0 Å². The molecule has 1 aromatic rings. The number of aliphatic hydroxyl groups excluding tert-OH is 2. The second-order valence-corrected chi connectivity index (χ2v) is 10.8. The summed E-state index contributed by atoms with van der Waals surface area (Å²) in [5, 5.41) is 19.7.